The summed E-state index contributed by atoms with van der Waals surface area (Å²) in [5.74, 6) is 2.00. The van der Waals surface area contributed by atoms with Crippen molar-refractivity contribution in [2.24, 2.45) is 23.7 Å². The molecule has 1 spiro atoms. The van der Waals surface area contributed by atoms with Gasteiger partial charge in [0.15, 0.2) is 0 Å². The van der Waals surface area contributed by atoms with Gasteiger partial charge in [-0.3, -0.25) is 4.79 Å². The SMILES string of the molecule is CC(=O)OC1CC2C(C)CCC3CC2(OC3(C)C)C1C. The summed E-state index contributed by atoms with van der Waals surface area (Å²) >= 11 is 0. The molecule has 3 aliphatic rings. The average Bonchev–Trinajstić information content (AvgIpc) is 2.68. The highest BCUT2D eigenvalue weighted by atomic mass is 16.6. The van der Waals surface area contributed by atoms with Gasteiger partial charge in [-0.1, -0.05) is 13.8 Å². The molecular formula is C17H28O3. The van der Waals surface area contributed by atoms with Crippen LogP contribution in [0.15, 0.2) is 0 Å². The van der Waals surface area contributed by atoms with Crippen LogP contribution in [0, 0.1) is 23.7 Å². The number of fused-ring (bicyclic) bond motifs is 1. The van der Waals surface area contributed by atoms with Gasteiger partial charge in [-0.2, -0.15) is 0 Å². The van der Waals surface area contributed by atoms with Gasteiger partial charge in [0.2, 0.25) is 0 Å². The van der Waals surface area contributed by atoms with Crippen LogP contribution in [0.1, 0.15) is 60.3 Å². The lowest BCUT2D eigenvalue weighted by atomic mass is 9.77. The topological polar surface area (TPSA) is 35.5 Å². The van der Waals surface area contributed by atoms with Crippen molar-refractivity contribution < 1.29 is 14.3 Å². The van der Waals surface area contributed by atoms with Crippen LogP contribution in [-0.4, -0.2) is 23.3 Å². The second-order valence-corrected chi connectivity index (χ2v) is 7.89. The van der Waals surface area contributed by atoms with Crippen molar-refractivity contribution >= 4 is 5.97 Å². The van der Waals surface area contributed by atoms with E-state index >= 15 is 0 Å². The Morgan fingerprint density at radius 3 is 2.60 bits per heavy atom. The first-order chi connectivity index (χ1) is 9.26. The summed E-state index contributed by atoms with van der Waals surface area (Å²) in [6.07, 6.45) is 4.71. The van der Waals surface area contributed by atoms with Crippen molar-refractivity contribution in [1.29, 1.82) is 0 Å². The average molecular weight is 280 g/mol. The number of rotatable bonds is 1. The maximum Gasteiger partial charge on any atom is 0.302 e. The molecule has 0 amide bonds. The summed E-state index contributed by atoms with van der Waals surface area (Å²) in [7, 11) is 0. The second-order valence-electron chi connectivity index (χ2n) is 7.89. The number of carbonyl (C=O) groups is 1. The third-order valence-electron chi connectivity index (χ3n) is 6.42. The number of hydrogen-bond donors (Lipinski definition) is 0. The van der Waals surface area contributed by atoms with Gasteiger partial charge in [0.1, 0.15) is 6.10 Å². The molecule has 3 fully saturated rings. The van der Waals surface area contributed by atoms with Gasteiger partial charge in [0.25, 0.3) is 0 Å². The van der Waals surface area contributed by atoms with E-state index in [1.54, 1.807) is 0 Å². The van der Waals surface area contributed by atoms with E-state index in [0.717, 1.165) is 12.8 Å². The van der Waals surface area contributed by atoms with Crippen molar-refractivity contribution in [3.63, 3.8) is 0 Å². The Balaban J connectivity index is 1.94. The smallest absolute Gasteiger partial charge is 0.302 e. The molecule has 1 aliphatic heterocycles. The summed E-state index contributed by atoms with van der Waals surface area (Å²) in [6, 6.07) is 0. The van der Waals surface area contributed by atoms with E-state index in [2.05, 4.69) is 27.7 Å². The Bertz CT molecular complexity index is 416. The molecule has 6 atom stereocenters. The quantitative estimate of drug-likeness (QED) is 0.689. The van der Waals surface area contributed by atoms with Crippen LogP contribution in [0.25, 0.3) is 0 Å². The molecule has 3 heteroatoms. The predicted octanol–water partition coefficient (Wildman–Crippen LogP) is 3.56. The van der Waals surface area contributed by atoms with Crippen molar-refractivity contribution in [2.45, 2.75) is 77.6 Å². The van der Waals surface area contributed by atoms with Gasteiger partial charge in [-0.05, 0) is 57.3 Å². The summed E-state index contributed by atoms with van der Waals surface area (Å²) in [4.78, 5) is 11.4. The first kappa shape index (κ1) is 14.4. The normalized spacial score (nSPS) is 49.5. The van der Waals surface area contributed by atoms with Crippen molar-refractivity contribution in [1.82, 2.24) is 0 Å². The highest BCUT2D eigenvalue weighted by Gasteiger charge is 2.65. The van der Waals surface area contributed by atoms with E-state index in [1.165, 1.54) is 19.8 Å². The maximum atomic E-state index is 11.4. The molecule has 3 rings (SSSR count). The summed E-state index contributed by atoms with van der Waals surface area (Å²) < 4.78 is 12.3. The van der Waals surface area contributed by atoms with Crippen LogP contribution >= 0.6 is 0 Å². The summed E-state index contributed by atoms with van der Waals surface area (Å²) in [5, 5.41) is 0. The molecule has 20 heavy (non-hydrogen) atoms. The molecule has 0 aromatic heterocycles. The molecule has 1 heterocycles. The minimum absolute atomic E-state index is 0.0300. The van der Waals surface area contributed by atoms with E-state index < -0.39 is 0 Å². The monoisotopic (exact) mass is 280 g/mol. The zero-order valence-corrected chi connectivity index (χ0v) is 13.4. The molecule has 1 saturated heterocycles. The molecule has 0 aromatic rings. The Morgan fingerprint density at radius 2 is 1.95 bits per heavy atom. The standard InChI is InChI=1S/C17H28O3/c1-10-6-7-13-9-17(20-16(13,4)5)11(2)15(8-14(10)17)19-12(3)18/h10-11,13-15H,6-9H2,1-5H3. The Hall–Kier alpha value is -0.570. The molecule has 0 N–H and O–H groups in total. The molecule has 6 unspecified atom stereocenters. The first-order valence-electron chi connectivity index (χ1n) is 8.13. The van der Waals surface area contributed by atoms with Crippen molar-refractivity contribution in [3.05, 3.63) is 0 Å². The zero-order chi connectivity index (χ0) is 14.7. The van der Waals surface area contributed by atoms with Crippen molar-refractivity contribution in [3.8, 4) is 0 Å². The third kappa shape index (κ3) is 1.93. The Morgan fingerprint density at radius 1 is 1.25 bits per heavy atom. The summed E-state index contributed by atoms with van der Waals surface area (Å²) in [6.45, 7) is 10.6. The van der Waals surface area contributed by atoms with Crippen LogP contribution < -0.4 is 0 Å². The minimum atomic E-state index is -0.156. The molecule has 2 aliphatic carbocycles. The van der Waals surface area contributed by atoms with Crippen LogP contribution in [0.5, 0.6) is 0 Å². The van der Waals surface area contributed by atoms with E-state index in [9.17, 15) is 4.79 Å². The van der Waals surface area contributed by atoms with Gasteiger partial charge in [-0.15, -0.1) is 0 Å². The third-order valence-corrected chi connectivity index (χ3v) is 6.42. The van der Waals surface area contributed by atoms with E-state index in [4.69, 9.17) is 9.47 Å². The molecule has 2 bridgehead atoms. The lowest BCUT2D eigenvalue weighted by Crippen LogP contribution is -2.44. The highest BCUT2D eigenvalue weighted by molar-refractivity contribution is 5.66. The van der Waals surface area contributed by atoms with Gasteiger partial charge in [0, 0.05) is 12.8 Å². The van der Waals surface area contributed by atoms with Crippen molar-refractivity contribution in [2.75, 3.05) is 0 Å². The molecule has 0 aromatic carbocycles. The molecule has 0 radical (unpaired) electrons. The zero-order valence-electron chi connectivity index (χ0n) is 13.4. The number of ether oxygens (including phenoxy) is 2. The van der Waals surface area contributed by atoms with Crippen LogP contribution in [0.4, 0.5) is 0 Å². The Labute approximate surface area is 122 Å². The van der Waals surface area contributed by atoms with Gasteiger partial charge in [0.05, 0.1) is 11.2 Å². The summed E-state index contributed by atoms with van der Waals surface area (Å²) in [5.41, 5.74) is -0.0953. The van der Waals surface area contributed by atoms with E-state index in [0.29, 0.717) is 23.7 Å². The van der Waals surface area contributed by atoms with Gasteiger partial charge in [-0.25, -0.2) is 0 Å². The maximum absolute atomic E-state index is 11.4. The minimum Gasteiger partial charge on any atom is -0.462 e. The molecule has 2 saturated carbocycles. The van der Waals surface area contributed by atoms with Crippen LogP contribution in [0.3, 0.4) is 0 Å². The van der Waals surface area contributed by atoms with Crippen LogP contribution in [0.2, 0.25) is 0 Å². The highest BCUT2D eigenvalue weighted by Crippen LogP contribution is 2.61. The number of esters is 1. The molecule has 114 valence electrons. The lowest BCUT2D eigenvalue weighted by Gasteiger charge is -2.40. The number of carbonyl (C=O) groups excluding carboxylic acids is 1. The number of hydrogen-bond acceptors (Lipinski definition) is 3. The first-order valence-corrected chi connectivity index (χ1v) is 8.13. The van der Waals surface area contributed by atoms with Gasteiger partial charge >= 0.3 is 5.97 Å². The van der Waals surface area contributed by atoms with E-state index in [-0.39, 0.29) is 23.3 Å². The lowest BCUT2D eigenvalue weighted by molar-refractivity contribution is -0.160. The fraction of sp³-hybridized carbons (Fsp3) is 0.941. The molecule has 3 nitrogen and oxygen atoms in total. The fourth-order valence-electron chi connectivity index (χ4n) is 5.25. The van der Waals surface area contributed by atoms with E-state index in [1.807, 2.05) is 0 Å². The second kappa shape index (κ2) is 4.46. The largest absolute Gasteiger partial charge is 0.462 e. The molecular weight excluding hydrogens is 252 g/mol. The fourth-order valence-corrected chi connectivity index (χ4v) is 5.25. The Kier molecular flexibility index (Phi) is 3.20. The van der Waals surface area contributed by atoms with Crippen LogP contribution in [-0.2, 0) is 14.3 Å². The van der Waals surface area contributed by atoms with Gasteiger partial charge < -0.3 is 9.47 Å². The predicted molar refractivity (Wildman–Crippen MR) is 77.2 cm³/mol.